The lowest BCUT2D eigenvalue weighted by Gasteiger charge is -2.28. The minimum Gasteiger partial charge on any atom is -0.497 e. The second-order valence-electron chi connectivity index (χ2n) is 4.58. The number of hydrogen-bond donors (Lipinski definition) is 1. The van der Waals surface area contributed by atoms with Gasteiger partial charge in [0.1, 0.15) is 11.5 Å². The smallest absolute Gasteiger partial charge is 0.127 e. The van der Waals surface area contributed by atoms with E-state index in [2.05, 4.69) is 0 Å². The summed E-state index contributed by atoms with van der Waals surface area (Å²) >= 11 is 0. The Morgan fingerprint density at radius 1 is 1.21 bits per heavy atom. The van der Waals surface area contributed by atoms with Crippen LogP contribution in [0, 0.1) is 5.92 Å². The summed E-state index contributed by atoms with van der Waals surface area (Å²) in [7, 11) is 3.31. The minimum absolute atomic E-state index is 0. The molecule has 5 heteroatoms. The molecule has 0 aromatic heterocycles. The van der Waals surface area contributed by atoms with E-state index in [1.165, 1.54) is 0 Å². The molecule has 0 spiro atoms. The van der Waals surface area contributed by atoms with Crippen molar-refractivity contribution >= 4 is 12.4 Å². The molecule has 0 radical (unpaired) electrons. The van der Waals surface area contributed by atoms with Crippen LogP contribution in [0.3, 0.4) is 0 Å². The highest BCUT2D eigenvalue weighted by molar-refractivity contribution is 5.85. The number of halogens is 1. The van der Waals surface area contributed by atoms with Crippen LogP contribution in [0.1, 0.15) is 24.4 Å². The molecule has 0 amide bonds. The first-order valence-corrected chi connectivity index (χ1v) is 6.31. The van der Waals surface area contributed by atoms with Crippen molar-refractivity contribution in [3.05, 3.63) is 23.8 Å². The van der Waals surface area contributed by atoms with Crippen LogP contribution in [0.2, 0.25) is 0 Å². The van der Waals surface area contributed by atoms with Crippen LogP contribution >= 0.6 is 12.4 Å². The van der Waals surface area contributed by atoms with Gasteiger partial charge >= 0.3 is 0 Å². The molecule has 1 atom stereocenters. The maximum atomic E-state index is 6.36. The molecule has 1 saturated heterocycles. The van der Waals surface area contributed by atoms with Crippen LogP contribution < -0.4 is 15.2 Å². The average Bonchev–Trinajstić information content (AvgIpc) is 2.46. The number of nitrogens with two attached hydrogens (primary N) is 1. The zero-order chi connectivity index (χ0) is 13.0. The number of benzene rings is 1. The van der Waals surface area contributed by atoms with E-state index in [0.717, 1.165) is 43.1 Å². The monoisotopic (exact) mass is 287 g/mol. The molecule has 0 saturated carbocycles. The van der Waals surface area contributed by atoms with Crippen LogP contribution in [0.4, 0.5) is 0 Å². The van der Waals surface area contributed by atoms with Gasteiger partial charge in [-0.15, -0.1) is 12.4 Å². The molecule has 1 aromatic carbocycles. The summed E-state index contributed by atoms with van der Waals surface area (Å²) in [4.78, 5) is 0. The van der Waals surface area contributed by atoms with Crippen molar-refractivity contribution < 1.29 is 14.2 Å². The van der Waals surface area contributed by atoms with E-state index in [4.69, 9.17) is 19.9 Å². The van der Waals surface area contributed by atoms with Crippen LogP contribution in [-0.4, -0.2) is 27.4 Å². The first-order chi connectivity index (χ1) is 8.76. The fourth-order valence-corrected chi connectivity index (χ4v) is 2.42. The van der Waals surface area contributed by atoms with E-state index < -0.39 is 0 Å². The Morgan fingerprint density at radius 2 is 1.89 bits per heavy atom. The largest absolute Gasteiger partial charge is 0.497 e. The standard InChI is InChI=1S/C14H21NO3.ClH/c1-16-11-3-4-12(13(9-11)17-2)14(15)10-5-7-18-8-6-10;/h3-4,9-10,14H,5-8,15H2,1-2H3;1H/t14-;/m1./s1. The predicted octanol–water partition coefficient (Wildman–Crippen LogP) is 2.55. The molecule has 19 heavy (non-hydrogen) atoms. The van der Waals surface area contributed by atoms with Crippen molar-refractivity contribution in [1.82, 2.24) is 0 Å². The lowest BCUT2D eigenvalue weighted by atomic mass is 9.87. The molecule has 4 nitrogen and oxygen atoms in total. The van der Waals surface area contributed by atoms with Gasteiger partial charge in [0, 0.05) is 30.9 Å². The Morgan fingerprint density at radius 3 is 2.47 bits per heavy atom. The maximum Gasteiger partial charge on any atom is 0.127 e. The van der Waals surface area contributed by atoms with Crippen molar-refractivity contribution in [1.29, 1.82) is 0 Å². The summed E-state index contributed by atoms with van der Waals surface area (Å²) < 4.78 is 16.0. The molecule has 1 aromatic rings. The molecule has 1 aliphatic rings. The van der Waals surface area contributed by atoms with E-state index >= 15 is 0 Å². The van der Waals surface area contributed by atoms with Crippen LogP contribution in [0.15, 0.2) is 18.2 Å². The fourth-order valence-electron chi connectivity index (χ4n) is 2.42. The molecule has 108 valence electrons. The highest BCUT2D eigenvalue weighted by Gasteiger charge is 2.24. The molecule has 0 bridgehead atoms. The minimum atomic E-state index is -0.00486. The lowest BCUT2D eigenvalue weighted by molar-refractivity contribution is 0.0581. The van der Waals surface area contributed by atoms with Gasteiger partial charge in [-0.25, -0.2) is 0 Å². The molecule has 1 heterocycles. The molecule has 1 fully saturated rings. The number of rotatable bonds is 4. The normalized spacial score (nSPS) is 17.4. The summed E-state index contributed by atoms with van der Waals surface area (Å²) in [6.07, 6.45) is 2.02. The van der Waals surface area contributed by atoms with Crippen molar-refractivity contribution in [2.24, 2.45) is 11.7 Å². The van der Waals surface area contributed by atoms with Gasteiger partial charge in [-0.1, -0.05) is 6.07 Å². The summed E-state index contributed by atoms with van der Waals surface area (Å²) in [6.45, 7) is 1.60. The predicted molar refractivity (Wildman–Crippen MR) is 77.3 cm³/mol. The van der Waals surface area contributed by atoms with Gasteiger partial charge in [-0.05, 0) is 24.8 Å². The third kappa shape index (κ3) is 3.75. The quantitative estimate of drug-likeness (QED) is 0.925. The molecular weight excluding hydrogens is 266 g/mol. The first-order valence-electron chi connectivity index (χ1n) is 6.31. The van der Waals surface area contributed by atoms with Gasteiger partial charge in [0.2, 0.25) is 0 Å². The zero-order valence-electron chi connectivity index (χ0n) is 11.4. The second-order valence-corrected chi connectivity index (χ2v) is 4.58. The lowest BCUT2D eigenvalue weighted by Crippen LogP contribution is -2.27. The molecular formula is C14H22ClNO3. The van der Waals surface area contributed by atoms with Crippen molar-refractivity contribution in [2.45, 2.75) is 18.9 Å². The van der Waals surface area contributed by atoms with Crippen LogP contribution in [0.5, 0.6) is 11.5 Å². The second kappa shape index (κ2) is 7.58. The molecule has 0 unspecified atom stereocenters. The topological polar surface area (TPSA) is 53.7 Å². The maximum absolute atomic E-state index is 6.36. The van der Waals surface area contributed by atoms with E-state index in [1.807, 2.05) is 18.2 Å². The van der Waals surface area contributed by atoms with Crippen molar-refractivity contribution in [3.8, 4) is 11.5 Å². The highest BCUT2D eigenvalue weighted by atomic mass is 35.5. The Hall–Kier alpha value is -0.970. The number of methoxy groups -OCH3 is 2. The Labute approximate surface area is 120 Å². The summed E-state index contributed by atoms with van der Waals surface area (Å²) in [5.41, 5.74) is 7.41. The van der Waals surface area contributed by atoms with Gasteiger partial charge < -0.3 is 19.9 Å². The van der Waals surface area contributed by atoms with E-state index in [-0.39, 0.29) is 18.4 Å². The molecule has 2 N–H and O–H groups in total. The number of hydrogen-bond acceptors (Lipinski definition) is 4. The summed E-state index contributed by atoms with van der Waals surface area (Å²) in [6, 6.07) is 5.80. The third-order valence-corrected chi connectivity index (χ3v) is 3.57. The first kappa shape index (κ1) is 16.1. The number of ether oxygens (including phenoxy) is 3. The molecule has 1 aliphatic heterocycles. The third-order valence-electron chi connectivity index (χ3n) is 3.57. The average molecular weight is 288 g/mol. The summed E-state index contributed by atoms with van der Waals surface area (Å²) in [5.74, 6) is 2.05. The molecule has 2 rings (SSSR count). The Balaban J connectivity index is 0.00000180. The van der Waals surface area contributed by atoms with Crippen LogP contribution in [-0.2, 0) is 4.74 Å². The van der Waals surface area contributed by atoms with E-state index in [0.29, 0.717) is 5.92 Å². The van der Waals surface area contributed by atoms with Gasteiger partial charge in [-0.3, -0.25) is 0 Å². The van der Waals surface area contributed by atoms with Gasteiger partial charge in [0.05, 0.1) is 14.2 Å². The Bertz CT molecular complexity index is 394. The Kier molecular flexibility index (Phi) is 6.42. The van der Waals surface area contributed by atoms with Crippen molar-refractivity contribution in [3.63, 3.8) is 0 Å². The van der Waals surface area contributed by atoms with E-state index in [9.17, 15) is 0 Å². The van der Waals surface area contributed by atoms with Crippen LogP contribution in [0.25, 0.3) is 0 Å². The van der Waals surface area contributed by atoms with Gasteiger partial charge in [0.15, 0.2) is 0 Å². The van der Waals surface area contributed by atoms with Crippen molar-refractivity contribution in [2.75, 3.05) is 27.4 Å². The summed E-state index contributed by atoms with van der Waals surface area (Å²) in [5, 5.41) is 0. The SMILES string of the molecule is COc1ccc([C@H](N)C2CCOCC2)c(OC)c1.Cl. The van der Waals surface area contributed by atoms with Gasteiger partial charge in [0.25, 0.3) is 0 Å². The fraction of sp³-hybridized carbons (Fsp3) is 0.571. The molecule has 0 aliphatic carbocycles. The zero-order valence-corrected chi connectivity index (χ0v) is 12.2. The highest BCUT2D eigenvalue weighted by Crippen LogP contribution is 2.35. The van der Waals surface area contributed by atoms with E-state index in [1.54, 1.807) is 14.2 Å². The van der Waals surface area contributed by atoms with Gasteiger partial charge in [-0.2, -0.15) is 0 Å².